The molecule has 1 N–H and O–H groups in total. The Labute approximate surface area is 107 Å². The van der Waals surface area contributed by atoms with Crippen LogP contribution >= 0.6 is 15.9 Å². The third-order valence-corrected chi connectivity index (χ3v) is 3.05. The van der Waals surface area contributed by atoms with Crippen molar-refractivity contribution in [1.29, 1.82) is 0 Å². The van der Waals surface area contributed by atoms with E-state index in [4.69, 9.17) is 0 Å². The van der Waals surface area contributed by atoms with Crippen LogP contribution in [0.1, 0.15) is 18.7 Å². The molecular formula is C10H14BrN3O3. The van der Waals surface area contributed by atoms with Gasteiger partial charge in [0.25, 0.3) is 0 Å². The van der Waals surface area contributed by atoms with E-state index in [1.54, 1.807) is 13.1 Å². The van der Waals surface area contributed by atoms with Crippen molar-refractivity contribution in [2.45, 2.75) is 19.9 Å². The van der Waals surface area contributed by atoms with E-state index in [1.165, 1.54) is 11.8 Å². The monoisotopic (exact) mass is 303 g/mol. The highest BCUT2D eigenvalue weighted by Gasteiger charge is 2.17. The third kappa shape index (κ3) is 3.55. The number of carbonyl (C=O) groups is 2. The zero-order valence-electron chi connectivity index (χ0n) is 9.86. The zero-order chi connectivity index (χ0) is 13.0. The van der Waals surface area contributed by atoms with Gasteiger partial charge in [-0.2, -0.15) is 5.10 Å². The number of carbonyl (C=O) groups excluding carboxylic acids is 2. The summed E-state index contributed by atoms with van der Waals surface area (Å²) >= 11 is 3.32. The van der Waals surface area contributed by atoms with Gasteiger partial charge in [0, 0.05) is 6.20 Å². The lowest BCUT2D eigenvalue weighted by Crippen LogP contribution is -2.35. The average Bonchev–Trinajstić information content (AvgIpc) is 2.65. The van der Waals surface area contributed by atoms with Crippen LogP contribution in [0.5, 0.6) is 0 Å². The van der Waals surface area contributed by atoms with Gasteiger partial charge < -0.3 is 10.1 Å². The van der Waals surface area contributed by atoms with Crippen molar-refractivity contribution in [2.24, 2.45) is 0 Å². The van der Waals surface area contributed by atoms with E-state index < -0.39 is 12.0 Å². The summed E-state index contributed by atoms with van der Waals surface area (Å²) in [4.78, 5) is 22.6. The van der Waals surface area contributed by atoms with E-state index >= 15 is 0 Å². The minimum Gasteiger partial charge on any atom is -0.468 e. The fourth-order valence-electron chi connectivity index (χ4n) is 1.16. The number of ether oxygens (including phenoxy) is 1. The highest BCUT2D eigenvalue weighted by Crippen LogP contribution is 2.16. The predicted molar refractivity (Wildman–Crippen MR) is 64.4 cm³/mol. The summed E-state index contributed by atoms with van der Waals surface area (Å²) in [6.45, 7) is 3.40. The Balaban J connectivity index is 2.60. The number of aryl methyl sites for hydroxylation is 1. The average molecular weight is 304 g/mol. The van der Waals surface area contributed by atoms with E-state index in [1.807, 2.05) is 6.92 Å². The fraction of sp³-hybridized carbons (Fsp3) is 0.500. The van der Waals surface area contributed by atoms with Crippen LogP contribution in [-0.4, -0.2) is 35.3 Å². The first-order valence-electron chi connectivity index (χ1n) is 5.01. The first-order chi connectivity index (χ1) is 7.95. The van der Waals surface area contributed by atoms with Gasteiger partial charge in [0.15, 0.2) is 0 Å². The van der Waals surface area contributed by atoms with Crippen LogP contribution < -0.4 is 5.32 Å². The van der Waals surface area contributed by atoms with E-state index in [0.29, 0.717) is 0 Å². The van der Waals surface area contributed by atoms with Crippen LogP contribution in [0.2, 0.25) is 0 Å². The maximum Gasteiger partial charge on any atom is 0.325 e. The molecule has 0 aliphatic rings. The molecule has 7 heteroatoms. The first kappa shape index (κ1) is 13.7. The third-order valence-electron chi connectivity index (χ3n) is 2.27. The molecule has 1 atom stereocenters. The molecule has 1 unspecified atom stereocenters. The molecule has 6 nitrogen and oxygen atoms in total. The topological polar surface area (TPSA) is 73.2 Å². The Morgan fingerprint density at radius 1 is 1.65 bits per heavy atom. The summed E-state index contributed by atoms with van der Waals surface area (Å²) in [6.07, 6.45) is 1.72. The van der Waals surface area contributed by atoms with Crippen LogP contribution in [0.4, 0.5) is 0 Å². The summed E-state index contributed by atoms with van der Waals surface area (Å²) in [7, 11) is 1.27. The Hall–Kier alpha value is -1.37. The Bertz CT molecular complexity index is 411. The molecule has 0 aromatic carbocycles. The first-order valence-corrected chi connectivity index (χ1v) is 5.80. The Kier molecular flexibility index (Phi) is 4.68. The standard InChI is InChI=1S/C10H14BrN3O3/c1-6-8(11)5-14(13-6)7(2)10(16)12-4-9(15)17-3/h5,7H,4H2,1-3H3,(H,12,16). The number of halogens is 1. The van der Waals surface area contributed by atoms with Crippen molar-refractivity contribution >= 4 is 27.8 Å². The molecule has 0 aliphatic heterocycles. The van der Waals surface area contributed by atoms with Gasteiger partial charge in [-0.05, 0) is 29.8 Å². The molecule has 1 aromatic rings. The summed E-state index contributed by atoms with van der Waals surface area (Å²) in [5, 5.41) is 6.64. The van der Waals surface area contributed by atoms with Gasteiger partial charge in [-0.25, -0.2) is 0 Å². The molecule has 0 saturated heterocycles. The van der Waals surface area contributed by atoms with Crippen LogP contribution in [0, 0.1) is 6.92 Å². The lowest BCUT2D eigenvalue weighted by atomic mass is 10.3. The molecule has 0 bridgehead atoms. The molecule has 1 aromatic heterocycles. The minimum absolute atomic E-state index is 0.138. The van der Waals surface area contributed by atoms with Crippen LogP contribution in [-0.2, 0) is 14.3 Å². The summed E-state index contributed by atoms with van der Waals surface area (Å²) in [5.74, 6) is -0.770. The smallest absolute Gasteiger partial charge is 0.325 e. The maximum atomic E-state index is 11.7. The number of rotatable bonds is 4. The van der Waals surface area contributed by atoms with Gasteiger partial charge in [0.2, 0.25) is 5.91 Å². The summed E-state index contributed by atoms with van der Waals surface area (Å²) in [6, 6.07) is -0.482. The fourth-order valence-corrected chi connectivity index (χ4v) is 1.45. The number of nitrogens with one attached hydrogen (secondary N) is 1. The second-order valence-electron chi connectivity index (χ2n) is 3.51. The van der Waals surface area contributed by atoms with Crippen LogP contribution in [0.15, 0.2) is 10.7 Å². The molecular weight excluding hydrogens is 290 g/mol. The Morgan fingerprint density at radius 2 is 2.29 bits per heavy atom. The van der Waals surface area contributed by atoms with Gasteiger partial charge in [-0.3, -0.25) is 14.3 Å². The maximum absolute atomic E-state index is 11.7. The Morgan fingerprint density at radius 3 is 2.76 bits per heavy atom. The quantitative estimate of drug-likeness (QED) is 0.835. The number of nitrogens with zero attached hydrogens (tertiary/aromatic N) is 2. The number of methoxy groups -OCH3 is 1. The van der Waals surface area contributed by atoms with Gasteiger partial charge >= 0.3 is 5.97 Å². The number of hydrogen-bond donors (Lipinski definition) is 1. The van der Waals surface area contributed by atoms with Gasteiger partial charge in [0.1, 0.15) is 12.6 Å². The lowest BCUT2D eigenvalue weighted by molar-refractivity contribution is -0.141. The number of aromatic nitrogens is 2. The number of esters is 1. The molecule has 0 saturated carbocycles. The highest BCUT2D eigenvalue weighted by atomic mass is 79.9. The highest BCUT2D eigenvalue weighted by molar-refractivity contribution is 9.10. The van der Waals surface area contributed by atoms with Crippen molar-refractivity contribution in [3.63, 3.8) is 0 Å². The predicted octanol–water partition coefficient (Wildman–Crippen LogP) is 0.804. The second-order valence-corrected chi connectivity index (χ2v) is 4.37. The second kappa shape index (κ2) is 5.81. The largest absolute Gasteiger partial charge is 0.468 e. The number of amides is 1. The molecule has 0 fully saturated rings. The molecule has 1 rings (SSSR count). The molecule has 0 radical (unpaired) electrons. The van der Waals surface area contributed by atoms with E-state index in [-0.39, 0.29) is 12.5 Å². The van der Waals surface area contributed by atoms with Crippen molar-refractivity contribution in [2.75, 3.05) is 13.7 Å². The summed E-state index contributed by atoms with van der Waals surface area (Å²) in [5.41, 5.74) is 0.803. The minimum atomic E-state index is -0.483. The normalized spacial score (nSPS) is 12.0. The van der Waals surface area contributed by atoms with Gasteiger partial charge in [0.05, 0.1) is 17.3 Å². The molecule has 0 spiro atoms. The molecule has 94 valence electrons. The van der Waals surface area contributed by atoms with Crippen molar-refractivity contribution in [3.05, 3.63) is 16.4 Å². The molecule has 1 amide bonds. The van der Waals surface area contributed by atoms with Crippen molar-refractivity contribution in [3.8, 4) is 0 Å². The zero-order valence-corrected chi connectivity index (χ0v) is 11.4. The van der Waals surface area contributed by atoms with E-state index in [0.717, 1.165) is 10.2 Å². The number of hydrogen-bond acceptors (Lipinski definition) is 4. The van der Waals surface area contributed by atoms with Gasteiger partial charge in [-0.1, -0.05) is 0 Å². The van der Waals surface area contributed by atoms with Gasteiger partial charge in [-0.15, -0.1) is 0 Å². The lowest BCUT2D eigenvalue weighted by Gasteiger charge is -2.11. The van der Waals surface area contributed by atoms with E-state index in [2.05, 4.69) is 31.1 Å². The van der Waals surface area contributed by atoms with Crippen molar-refractivity contribution in [1.82, 2.24) is 15.1 Å². The van der Waals surface area contributed by atoms with Crippen molar-refractivity contribution < 1.29 is 14.3 Å². The summed E-state index contributed by atoms with van der Waals surface area (Å²) < 4.78 is 6.80. The SMILES string of the molecule is COC(=O)CNC(=O)C(C)n1cc(Br)c(C)n1. The molecule has 17 heavy (non-hydrogen) atoms. The van der Waals surface area contributed by atoms with Crippen LogP contribution in [0.25, 0.3) is 0 Å². The molecule has 0 aliphatic carbocycles. The molecule has 1 heterocycles. The van der Waals surface area contributed by atoms with E-state index in [9.17, 15) is 9.59 Å². The van der Waals surface area contributed by atoms with Crippen LogP contribution in [0.3, 0.4) is 0 Å².